The molecule has 2 aromatic rings. The normalized spacial score (nSPS) is 17.0. The number of carbonyl (C=O) groups excluding carboxylic acids is 1. The van der Waals surface area contributed by atoms with Gasteiger partial charge in [0.2, 0.25) is 0 Å². The molecular weight excluding hydrogens is 294 g/mol. The fraction of sp³-hybridized carbons (Fsp3) is 0.400. The Hall–Kier alpha value is -2.77. The number of carbonyl (C=O) groups is 1. The van der Waals surface area contributed by atoms with Gasteiger partial charge in [-0.3, -0.25) is 9.48 Å². The van der Waals surface area contributed by atoms with Crippen molar-refractivity contribution >= 4 is 17.3 Å². The first kappa shape index (κ1) is 13.9. The van der Waals surface area contributed by atoms with Crippen molar-refractivity contribution in [3.05, 3.63) is 35.2 Å². The van der Waals surface area contributed by atoms with Gasteiger partial charge in [-0.05, 0) is 13.0 Å². The molecule has 8 nitrogen and oxygen atoms in total. The van der Waals surface area contributed by atoms with Crippen LogP contribution in [-0.2, 0) is 24.8 Å². The van der Waals surface area contributed by atoms with Crippen LogP contribution in [0.5, 0.6) is 0 Å². The zero-order valence-corrected chi connectivity index (χ0v) is 13.1. The molecule has 2 aliphatic rings. The summed E-state index contributed by atoms with van der Waals surface area (Å²) in [5.41, 5.74) is 5.10. The maximum absolute atomic E-state index is 12.6. The predicted molar refractivity (Wildman–Crippen MR) is 84.2 cm³/mol. The van der Waals surface area contributed by atoms with Crippen molar-refractivity contribution < 1.29 is 4.79 Å². The number of aryl methyl sites for hydroxylation is 2. The Bertz CT molecular complexity index is 822. The monoisotopic (exact) mass is 311 g/mol. The molecule has 0 atom stereocenters. The first-order valence-electron chi connectivity index (χ1n) is 7.56. The number of nitrogens with zero attached hydrogens (tertiary/aromatic N) is 6. The number of rotatable bonds is 2. The highest BCUT2D eigenvalue weighted by atomic mass is 16.2. The van der Waals surface area contributed by atoms with Crippen LogP contribution in [0, 0.1) is 6.92 Å². The number of nitrogens with one attached hydrogen (secondary N) is 1. The van der Waals surface area contributed by atoms with E-state index in [1.165, 1.54) is 0 Å². The second kappa shape index (κ2) is 5.15. The molecule has 118 valence electrons. The first-order valence-corrected chi connectivity index (χ1v) is 7.56. The molecule has 4 heterocycles. The molecule has 23 heavy (non-hydrogen) atoms. The van der Waals surface area contributed by atoms with Gasteiger partial charge in [0.05, 0.1) is 30.0 Å². The summed E-state index contributed by atoms with van der Waals surface area (Å²) < 4.78 is 1.79. The second-order valence-electron chi connectivity index (χ2n) is 5.87. The third kappa shape index (κ3) is 2.36. The minimum Gasteiger partial charge on any atom is -0.347 e. The molecule has 8 heteroatoms. The van der Waals surface area contributed by atoms with Gasteiger partial charge in [0, 0.05) is 32.1 Å². The molecule has 2 aromatic heterocycles. The van der Waals surface area contributed by atoms with Crippen LogP contribution in [0.3, 0.4) is 0 Å². The van der Waals surface area contributed by atoms with E-state index in [9.17, 15) is 4.79 Å². The van der Waals surface area contributed by atoms with Gasteiger partial charge in [0.15, 0.2) is 0 Å². The minimum atomic E-state index is -0.0587. The van der Waals surface area contributed by atoms with Gasteiger partial charge < -0.3 is 9.88 Å². The van der Waals surface area contributed by atoms with Crippen molar-refractivity contribution in [2.75, 3.05) is 6.54 Å². The van der Waals surface area contributed by atoms with E-state index in [4.69, 9.17) is 0 Å². The van der Waals surface area contributed by atoms with Crippen LogP contribution in [0.2, 0.25) is 0 Å². The zero-order valence-electron chi connectivity index (χ0n) is 13.1. The Balaban J connectivity index is 1.45. The number of hydrogen-bond donors (Lipinski definition) is 1. The molecule has 1 N–H and O–H groups in total. The average molecular weight is 311 g/mol. The summed E-state index contributed by atoms with van der Waals surface area (Å²) in [6, 6.07) is 1.96. The Morgan fingerprint density at radius 1 is 1.35 bits per heavy atom. The van der Waals surface area contributed by atoms with Crippen LogP contribution < -0.4 is 0 Å². The summed E-state index contributed by atoms with van der Waals surface area (Å²) in [6.07, 6.45) is 2.88. The third-order valence-corrected chi connectivity index (χ3v) is 4.34. The summed E-state index contributed by atoms with van der Waals surface area (Å²) in [6.45, 7) is 3.19. The lowest BCUT2D eigenvalue weighted by atomic mass is 10.1. The minimum absolute atomic E-state index is 0.0587. The van der Waals surface area contributed by atoms with Crippen LogP contribution in [0.1, 0.15) is 29.2 Å². The number of hydrogen-bond acceptors (Lipinski definition) is 5. The fourth-order valence-corrected chi connectivity index (χ4v) is 2.88. The summed E-state index contributed by atoms with van der Waals surface area (Å²) in [7, 11) is 1.89. The summed E-state index contributed by atoms with van der Waals surface area (Å²) >= 11 is 0. The lowest BCUT2D eigenvalue weighted by Gasteiger charge is -2.26. The smallest absolute Gasteiger partial charge is 0.270 e. The van der Waals surface area contributed by atoms with Crippen LogP contribution in [0.4, 0.5) is 0 Å². The van der Waals surface area contributed by atoms with Gasteiger partial charge >= 0.3 is 0 Å². The van der Waals surface area contributed by atoms with Crippen molar-refractivity contribution in [1.29, 1.82) is 0 Å². The van der Waals surface area contributed by atoms with E-state index in [1.807, 2.05) is 20.0 Å². The summed E-state index contributed by atoms with van der Waals surface area (Å²) in [5.74, 6) is -0.0587. The predicted octanol–water partition coefficient (Wildman–Crippen LogP) is 0.585. The van der Waals surface area contributed by atoms with E-state index < -0.39 is 0 Å². The molecule has 0 aliphatic carbocycles. The van der Waals surface area contributed by atoms with Gasteiger partial charge in [-0.15, -0.1) is 5.10 Å². The van der Waals surface area contributed by atoms with E-state index in [0.717, 1.165) is 34.9 Å². The van der Waals surface area contributed by atoms with Crippen LogP contribution >= 0.6 is 0 Å². The van der Waals surface area contributed by atoms with Crippen LogP contribution in [0.15, 0.2) is 22.6 Å². The van der Waals surface area contributed by atoms with Crippen molar-refractivity contribution in [2.24, 2.45) is 17.3 Å². The topological polar surface area (TPSA) is 91.5 Å². The molecule has 0 radical (unpaired) electrons. The zero-order chi connectivity index (χ0) is 16.0. The Labute approximate surface area is 132 Å². The lowest BCUT2D eigenvalue weighted by Crippen LogP contribution is -2.40. The summed E-state index contributed by atoms with van der Waals surface area (Å²) in [4.78, 5) is 21.8. The number of amides is 1. The van der Waals surface area contributed by atoms with Crippen molar-refractivity contribution in [1.82, 2.24) is 24.6 Å². The van der Waals surface area contributed by atoms with Crippen molar-refractivity contribution in [3.8, 4) is 0 Å². The summed E-state index contributed by atoms with van der Waals surface area (Å²) in [5, 5.41) is 12.6. The van der Waals surface area contributed by atoms with E-state index in [-0.39, 0.29) is 5.91 Å². The maximum Gasteiger partial charge on any atom is 0.270 e. The molecule has 2 aliphatic heterocycles. The molecular formula is C15H17N7O. The SMILES string of the molecule is Cc1cc(C2=NN=C(C(=O)N3CCc4nc[nH]c4C3)C2)nn1C. The van der Waals surface area contributed by atoms with Crippen LogP contribution in [-0.4, -0.2) is 48.5 Å². The van der Waals surface area contributed by atoms with Gasteiger partial charge in [-0.2, -0.15) is 10.2 Å². The number of aromatic nitrogens is 4. The van der Waals surface area contributed by atoms with E-state index in [1.54, 1.807) is 15.9 Å². The van der Waals surface area contributed by atoms with Crippen molar-refractivity contribution in [2.45, 2.75) is 26.3 Å². The number of aromatic amines is 1. The van der Waals surface area contributed by atoms with E-state index >= 15 is 0 Å². The number of imidazole rings is 1. The van der Waals surface area contributed by atoms with E-state index in [2.05, 4.69) is 25.3 Å². The average Bonchev–Trinajstić information content (AvgIpc) is 3.26. The fourth-order valence-electron chi connectivity index (χ4n) is 2.88. The maximum atomic E-state index is 12.6. The standard InChI is InChI=1S/C15H17N7O/c1-9-5-12(20-21(9)2)11-6-13(19-18-11)15(23)22-4-3-10-14(7-22)17-8-16-10/h5,8H,3-4,6-7H2,1-2H3,(H,16,17). The van der Waals surface area contributed by atoms with Gasteiger partial charge in [0.1, 0.15) is 11.4 Å². The molecule has 0 aromatic carbocycles. The highest BCUT2D eigenvalue weighted by Gasteiger charge is 2.29. The Morgan fingerprint density at radius 2 is 2.22 bits per heavy atom. The third-order valence-electron chi connectivity index (χ3n) is 4.34. The molecule has 0 spiro atoms. The molecule has 1 amide bonds. The van der Waals surface area contributed by atoms with Crippen molar-refractivity contribution in [3.63, 3.8) is 0 Å². The van der Waals surface area contributed by atoms with Gasteiger partial charge in [0.25, 0.3) is 5.91 Å². The Kier molecular flexibility index (Phi) is 3.10. The molecule has 0 fully saturated rings. The number of H-pyrrole nitrogens is 1. The quantitative estimate of drug-likeness (QED) is 0.879. The van der Waals surface area contributed by atoms with E-state index in [0.29, 0.717) is 25.2 Å². The largest absolute Gasteiger partial charge is 0.347 e. The molecule has 0 saturated carbocycles. The first-order chi connectivity index (χ1) is 11.1. The van der Waals surface area contributed by atoms with Crippen LogP contribution in [0.25, 0.3) is 0 Å². The molecule has 4 rings (SSSR count). The molecule has 0 saturated heterocycles. The van der Waals surface area contributed by atoms with Gasteiger partial charge in [-0.25, -0.2) is 4.98 Å². The molecule has 0 unspecified atom stereocenters. The molecule has 0 bridgehead atoms. The lowest BCUT2D eigenvalue weighted by molar-refractivity contribution is -0.125. The highest BCUT2D eigenvalue weighted by molar-refractivity contribution is 6.44. The second-order valence-corrected chi connectivity index (χ2v) is 5.87. The highest BCUT2D eigenvalue weighted by Crippen LogP contribution is 2.18. The van der Waals surface area contributed by atoms with Gasteiger partial charge in [-0.1, -0.05) is 0 Å². The Morgan fingerprint density at radius 3 is 3.00 bits per heavy atom. The number of fused-ring (bicyclic) bond motifs is 1.